The first-order valence-electron chi connectivity index (χ1n) is 5.05. The first-order valence-corrected chi connectivity index (χ1v) is 6.45. The second-order valence-electron chi connectivity index (χ2n) is 3.90. The molecular weight excluding hydrogens is 243 g/mol. The zero-order valence-electron chi connectivity index (χ0n) is 10.3. The van der Waals surface area contributed by atoms with E-state index in [1.54, 1.807) is 43.3 Å². The monoisotopic (exact) mass is 254 g/mol. The predicted octanol–water partition coefficient (Wildman–Crippen LogP) is -0.219. The van der Waals surface area contributed by atoms with Gasteiger partial charge in [0.1, 0.15) is 10.1 Å². The van der Waals surface area contributed by atoms with E-state index in [2.05, 4.69) is 6.58 Å². The molecule has 5 heteroatoms. The molecule has 0 unspecified atom stereocenters. The molecule has 0 saturated carbocycles. The first-order chi connectivity index (χ1) is 7.91. The van der Waals surface area contributed by atoms with Crippen LogP contribution >= 0.6 is 0 Å². The molecule has 2 aromatic rings. The number of rotatable bonds is 2. The Morgan fingerprint density at radius 2 is 1.78 bits per heavy atom. The third-order valence-corrected chi connectivity index (χ3v) is 3.53. The molecule has 0 fully saturated rings. The van der Waals surface area contributed by atoms with Gasteiger partial charge in [0, 0.05) is 0 Å². The summed E-state index contributed by atoms with van der Waals surface area (Å²) >= 11 is 0. The van der Waals surface area contributed by atoms with Gasteiger partial charge >= 0.3 is 18.9 Å². The van der Waals surface area contributed by atoms with Crippen molar-refractivity contribution in [3.63, 3.8) is 0 Å². The van der Waals surface area contributed by atoms with Gasteiger partial charge in [0.2, 0.25) is 0 Å². The van der Waals surface area contributed by atoms with Crippen molar-refractivity contribution in [2.24, 2.45) is 0 Å². The summed E-state index contributed by atoms with van der Waals surface area (Å²) in [4.78, 5) is -0.178. The standard InChI is InChI=1S/C13H12O3S.Li/c1-9(2)11-8-7-10-5-3-4-6-12(10)13(11)17(14,15)16;/h3-8H,1H2,2H3,(H,14,15,16);/q;+1/p-1. The van der Waals surface area contributed by atoms with Crippen molar-refractivity contribution in [1.29, 1.82) is 0 Å². The Labute approximate surface area is 118 Å². The topological polar surface area (TPSA) is 57.2 Å². The van der Waals surface area contributed by atoms with E-state index in [1.165, 1.54) is 0 Å². The predicted molar refractivity (Wildman–Crippen MR) is 66.6 cm³/mol. The van der Waals surface area contributed by atoms with Crippen LogP contribution in [0.4, 0.5) is 0 Å². The van der Waals surface area contributed by atoms with Gasteiger partial charge in [-0.3, -0.25) is 0 Å². The van der Waals surface area contributed by atoms with Crippen LogP contribution in [-0.4, -0.2) is 13.0 Å². The van der Waals surface area contributed by atoms with Crippen LogP contribution in [0.15, 0.2) is 47.9 Å². The molecule has 3 nitrogen and oxygen atoms in total. The summed E-state index contributed by atoms with van der Waals surface area (Å²) in [5, 5.41) is 1.18. The maximum atomic E-state index is 11.4. The molecule has 0 heterocycles. The van der Waals surface area contributed by atoms with Gasteiger partial charge in [-0.05, 0) is 28.8 Å². The molecular formula is C13H11LiO3S. The van der Waals surface area contributed by atoms with Crippen LogP contribution < -0.4 is 18.9 Å². The van der Waals surface area contributed by atoms with Crippen LogP contribution in [0.1, 0.15) is 12.5 Å². The van der Waals surface area contributed by atoms with Crippen LogP contribution in [-0.2, 0) is 10.1 Å². The molecule has 18 heavy (non-hydrogen) atoms. The Balaban J connectivity index is 0.00000162. The number of fused-ring (bicyclic) bond motifs is 1. The van der Waals surface area contributed by atoms with Crippen molar-refractivity contribution in [3.8, 4) is 0 Å². The van der Waals surface area contributed by atoms with Crippen molar-refractivity contribution in [2.45, 2.75) is 11.8 Å². The number of allylic oxidation sites excluding steroid dienone is 1. The summed E-state index contributed by atoms with van der Waals surface area (Å²) < 4.78 is 34.1. The van der Waals surface area contributed by atoms with Crippen LogP contribution in [0.3, 0.4) is 0 Å². The van der Waals surface area contributed by atoms with Crippen molar-refractivity contribution in [3.05, 3.63) is 48.5 Å². The van der Waals surface area contributed by atoms with Gasteiger partial charge in [-0.25, -0.2) is 8.42 Å². The van der Waals surface area contributed by atoms with E-state index in [0.717, 1.165) is 5.39 Å². The van der Waals surface area contributed by atoms with Crippen LogP contribution in [0.5, 0.6) is 0 Å². The molecule has 0 N–H and O–H groups in total. The largest absolute Gasteiger partial charge is 1.00 e. The van der Waals surface area contributed by atoms with Gasteiger partial charge < -0.3 is 4.55 Å². The van der Waals surface area contributed by atoms with Crippen LogP contribution in [0.2, 0.25) is 0 Å². The summed E-state index contributed by atoms with van der Waals surface area (Å²) in [5.74, 6) is 0. The van der Waals surface area contributed by atoms with E-state index >= 15 is 0 Å². The van der Waals surface area contributed by atoms with Crippen molar-refractivity contribution < 1.29 is 31.8 Å². The van der Waals surface area contributed by atoms with Crippen LogP contribution in [0, 0.1) is 0 Å². The maximum Gasteiger partial charge on any atom is 1.00 e. The quantitative estimate of drug-likeness (QED) is 0.550. The molecule has 2 rings (SSSR count). The summed E-state index contributed by atoms with van der Waals surface area (Å²) in [6.45, 7) is 5.38. The fraction of sp³-hybridized carbons (Fsp3) is 0.0769. The summed E-state index contributed by atoms with van der Waals surface area (Å²) in [6, 6.07) is 10.3. The van der Waals surface area contributed by atoms with Gasteiger partial charge in [0.15, 0.2) is 0 Å². The molecule has 0 bridgehead atoms. The Hall–Kier alpha value is -1.05. The SMILES string of the molecule is C=C(C)c1ccc2ccccc2c1S(=O)(=O)[O-].[Li+]. The average Bonchev–Trinajstić information content (AvgIpc) is 2.26. The molecule has 0 aliphatic heterocycles. The molecule has 0 spiro atoms. The van der Waals surface area contributed by atoms with Gasteiger partial charge in [-0.2, -0.15) is 0 Å². The molecule has 0 amide bonds. The number of benzene rings is 2. The number of hydrogen-bond donors (Lipinski definition) is 0. The van der Waals surface area contributed by atoms with Gasteiger partial charge in [-0.1, -0.05) is 43.0 Å². The van der Waals surface area contributed by atoms with Crippen molar-refractivity contribution in [1.82, 2.24) is 0 Å². The summed E-state index contributed by atoms with van der Waals surface area (Å²) in [5.41, 5.74) is 0.948. The molecule has 88 valence electrons. The summed E-state index contributed by atoms with van der Waals surface area (Å²) in [7, 11) is -4.52. The molecule has 2 aromatic carbocycles. The van der Waals surface area contributed by atoms with Crippen molar-refractivity contribution in [2.75, 3.05) is 0 Å². The molecule has 0 radical (unpaired) electrons. The smallest absolute Gasteiger partial charge is 0.744 e. The Bertz CT molecular complexity index is 705. The molecule has 0 aliphatic carbocycles. The Morgan fingerprint density at radius 3 is 2.33 bits per heavy atom. The van der Waals surface area contributed by atoms with Crippen LogP contribution in [0.25, 0.3) is 16.3 Å². The minimum absolute atomic E-state index is 0. The van der Waals surface area contributed by atoms with E-state index in [0.29, 0.717) is 16.5 Å². The molecule has 0 aromatic heterocycles. The second kappa shape index (κ2) is 5.29. The number of hydrogen-bond acceptors (Lipinski definition) is 3. The molecule has 0 aliphatic rings. The van der Waals surface area contributed by atoms with Gasteiger partial charge in [-0.15, -0.1) is 0 Å². The Morgan fingerprint density at radius 1 is 1.17 bits per heavy atom. The third kappa shape index (κ3) is 2.68. The van der Waals surface area contributed by atoms with E-state index in [4.69, 9.17) is 0 Å². The molecule has 0 saturated heterocycles. The average molecular weight is 254 g/mol. The van der Waals surface area contributed by atoms with Gasteiger partial charge in [0.25, 0.3) is 0 Å². The zero-order valence-corrected chi connectivity index (χ0v) is 11.1. The molecule has 0 atom stereocenters. The second-order valence-corrected chi connectivity index (χ2v) is 5.21. The van der Waals surface area contributed by atoms with E-state index < -0.39 is 10.1 Å². The fourth-order valence-corrected chi connectivity index (χ4v) is 2.82. The minimum Gasteiger partial charge on any atom is -0.744 e. The Kier molecular flexibility index (Phi) is 4.41. The zero-order chi connectivity index (χ0) is 12.6. The van der Waals surface area contributed by atoms with E-state index in [1.807, 2.05) is 0 Å². The normalized spacial score (nSPS) is 11.0. The maximum absolute atomic E-state index is 11.4. The minimum atomic E-state index is -4.52. The van der Waals surface area contributed by atoms with E-state index in [9.17, 15) is 13.0 Å². The van der Waals surface area contributed by atoms with Crippen molar-refractivity contribution >= 4 is 26.5 Å². The van der Waals surface area contributed by atoms with E-state index in [-0.39, 0.29) is 23.8 Å². The van der Waals surface area contributed by atoms with Gasteiger partial charge in [0.05, 0.1) is 4.90 Å². The first kappa shape index (κ1) is 15.0. The fourth-order valence-electron chi connectivity index (χ4n) is 1.85. The summed E-state index contributed by atoms with van der Waals surface area (Å²) in [6.07, 6.45) is 0. The third-order valence-electron chi connectivity index (χ3n) is 2.59.